The van der Waals surface area contributed by atoms with Gasteiger partial charge < -0.3 is 16.2 Å². The number of nitrogen functional groups attached to an aromatic ring is 1. The first kappa shape index (κ1) is 10.3. The SMILES string of the molecule is CCOc1cnc(CC(N)=O)cc1N. The van der Waals surface area contributed by atoms with Gasteiger partial charge in [-0.25, -0.2) is 0 Å². The number of ether oxygens (including phenoxy) is 1. The van der Waals surface area contributed by atoms with E-state index in [9.17, 15) is 4.79 Å². The van der Waals surface area contributed by atoms with Crippen molar-refractivity contribution in [1.29, 1.82) is 0 Å². The molecule has 0 aromatic carbocycles. The van der Waals surface area contributed by atoms with Crippen molar-refractivity contribution in [3.05, 3.63) is 18.0 Å². The molecule has 0 aliphatic carbocycles. The molecule has 0 saturated heterocycles. The lowest BCUT2D eigenvalue weighted by Crippen LogP contribution is -2.14. The summed E-state index contributed by atoms with van der Waals surface area (Å²) in [6.07, 6.45) is 1.59. The molecule has 4 N–H and O–H groups in total. The second-order valence-electron chi connectivity index (χ2n) is 2.79. The monoisotopic (exact) mass is 195 g/mol. The van der Waals surface area contributed by atoms with Crippen molar-refractivity contribution in [2.75, 3.05) is 12.3 Å². The van der Waals surface area contributed by atoms with Crippen LogP contribution in [0.3, 0.4) is 0 Å². The Hall–Kier alpha value is -1.78. The van der Waals surface area contributed by atoms with Crippen LogP contribution < -0.4 is 16.2 Å². The minimum atomic E-state index is -0.430. The van der Waals surface area contributed by atoms with Crippen molar-refractivity contribution in [3.63, 3.8) is 0 Å². The minimum Gasteiger partial charge on any atom is -0.490 e. The number of rotatable bonds is 4. The Kier molecular flexibility index (Phi) is 3.28. The zero-order valence-electron chi connectivity index (χ0n) is 7.99. The molecule has 1 heterocycles. The highest BCUT2D eigenvalue weighted by Gasteiger charge is 2.04. The van der Waals surface area contributed by atoms with Gasteiger partial charge in [-0.1, -0.05) is 0 Å². The van der Waals surface area contributed by atoms with Gasteiger partial charge in [0.1, 0.15) is 0 Å². The number of hydrogen-bond donors (Lipinski definition) is 2. The van der Waals surface area contributed by atoms with Gasteiger partial charge in [0.15, 0.2) is 5.75 Å². The highest BCUT2D eigenvalue weighted by atomic mass is 16.5. The molecule has 5 heteroatoms. The normalized spacial score (nSPS) is 9.79. The van der Waals surface area contributed by atoms with E-state index in [-0.39, 0.29) is 6.42 Å². The number of pyridine rings is 1. The third-order valence-electron chi connectivity index (χ3n) is 1.61. The molecule has 0 unspecified atom stereocenters. The minimum absolute atomic E-state index is 0.0939. The standard InChI is InChI=1S/C9H13N3O2/c1-2-14-8-5-12-6(3-7(8)10)4-9(11)13/h3,5H,2,4H2,1H3,(H2,10,12)(H2,11,13). The molecule has 76 valence electrons. The molecular weight excluding hydrogens is 182 g/mol. The second-order valence-corrected chi connectivity index (χ2v) is 2.79. The highest BCUT2D eigenvalue weighted by molar-refractivity contribution is 5.76. The fourth-order valence-electron chi connectivity index (χ4n) is 1.06. The van der Waals surface area contributed by atoms with Crippen LogP contribution in [0.2, 0.25) is 0 Å². The van der Waals surface area contributed by atoms with E-state index in [1.54, 1.807) is 6.07 Å². The third kappa shape index (κ3) is 2.62. The number of primary amides is 1. The van der Waals surface area contributed by atoms with Gasteiger partial charge in [-0.2, -0.15) is 0 Å². The number of nitrogens with two attached hydrogens (primary N) is 2. The Labute approximate surface area is 82.1 Å². The quantitative estimate of drug-likeness (QED) is 0.712. The summed E-state index contributed by atoms with van der Waals surface area (Å²) in [6.45, 7) is 2.39. The summed E-state index contributed by atoms with van der Waals surface area (Å²) >= 11 is 0. The lowest BCUT2D eigenvalue weighted by molar-refractivity contribution is -0.117. The molecule has 1 amide bonds. The lowest BCUT2D eigenvalue weighted by atomic mass is 10.2. The van der Waals surface area contributed by atoms with E-state index in [2.05, 4.69) is 4.98 Å². The van der Waals surface area contributed by atoms with E-state index in [0.717, 1.165) is 0 Å². The summed E-state index contributed by atoms with van der Waals surface area (Å²) in [4.78, 5) is 14.6. The molecule has 0 radical (unpaired) electrons. The molecule has 1 aromatic heterocycles. The topological polar surface area (TPSA) is 91.2 Å². The van der Waals surface area contributed by atoms with E-state index >= 15 is 0 Å². The second kappa shape index (κ2) is 4.45. The van der Waals surface area contributed by atoms with Crippen molar-refractivity contribution in [2.45, 2.75) is 13.3 Å². The van der Waals surface area contributed by atoms with Gasteiger partial charge in [0.25, 0.3) is 0 Å². The van der Waals surface area contributed by atoms with Crippen LogP contribution in [0.25, 0.3) is 0 Å². The largest absolute Gasteiger partial charge is 0.490 e. The molecule has 1 rings (SSSR count). The first-order chi connectivity index (χ1) is 6.63. The van der Waals surface area contributed by atoms with Crippen molar-refractivity contribution < 1.29 is 9.53 Å². The number of carbonyl (C=O) groups excluding carboxylic acids is 1. The highest BCUT2D eigenvalue weighted by Crippen LogP contribution is 2.20. The molecule has 5 nitrogen and oxygen atoms in total. The summed E-state index contributed by atoms with van der Waals surface area (Å²) < 4.78 is 5.19. The summed E-state index contributed by atoms with van der Waals surface area (Å²) in [5, 5.41) is 0. The van der Waals surface area contributed by atoms with Crippen LogP contribution in [-0.4, -0.2) is 17.5 Å². The molecule has 0 aliphatic rings. The first-order valence-corrected chi connectivity index (χ1v) is 4.29. The van der Waals surface area contributed by atoms with Gasteiger partial charge in [0.2, 0.25) is 5.91 Å². The van der Waals surface area contributed by atoms with Gasteiger partial charge >= 0.3 is 0 Å². The maximum atomic E-state index is 10.6. The Morgan fingerprint density at radius 3 is 2.86 bits per heavy atom. The fraction of sp³-hybridized carbons (Fsp3) is 0.333. The van der Waals surface area contributed by atoms with Crippen LogP contribution in [0.1, 0.15) is 12.6 Å². The van der Waals surface area contributed by atoms with Crippen LogP contribution in [0.4, 0.5) is 5.69 Å². The Bertz CT molecular complexity index is 339. The van der Waals surface area contributed by atoms with Crippen molar-refractivity contribution in [3.8, 4) is 5.75 Å². The van der Waals surface area contributed by atoms with Crippen LogP contribution in [0.15, 0.2) is 12.3 Å². The van der Waals surface area contributed by atoms with E-state index in [4.69, 9.17) is 16.2 Å². The van der Waals surface area contributed by atoms with Crippen molar-refractivity contribution in [1.82, 2.24) is 4.98 Å². The van der Waals surface area contributed by atoms with Gasteiger partial charge in [-0.3, -0.25) is 9.78 Å². The maximum Gasteiger partial charge on any atom is 0.223 e. The number of hydrogen-bond acceptors (Lipinski definition) is 4. The molecular formula is C9H13N3O2. The van der Waals surface area contributed by atoms with Gasteiger partial charge in [-0.05, 0) is 13.0 Å². The van der Waals surface area contributed by atoms with Gasteiger partial charge in [0, 0.05) is 0 Å². The number of amides is 1. The van der Waals surface area contributed by atoms with Crippen LogP contribution >= 0.6 is 0 Å². The molecule has 0 bridgehead atoms. The smallest absolute Gasteiger partial charge is 0.223 e. The zero-order valence-corrected chi connectivity index (χ0v) is 7.99. The average molecular weight is 195 g/mol. The maximum absolute atomic E-state index is 10.6. The molecule has 0 saturated carbocycles. The van der Waals surface area contributed by atoms with Gasteiger partial charge in [0.05, 0.1) is 30.6 Å². The molecule has 14 heavy (non-hydrogen) atoms. The van der Waals surface area contributed by atoms with E-state index in [1.807, 2.05) is 6.92 Å². The summed E-state index contributed by atoms with van der Waals surface area (Å²) in [6, 6.07) is 1.59. The van der Waals surface area contributed by atoms with E-state index in [0.29, 0.717) is 23.7 Å². The number of aromatic nitrogens is 1. The summed E-state index contributed by atoms with van der Waals surface area (Å²) in [5.74, 6) is 0.0989. The molecule has 0 atom stereocenters. The van der Waals surface area contributed by atoms with Crippen molar-refractivity contribution in [2.24, 2.45) is 5.73 Å². The van der Waals surface area contributed by atoms with E-state index in [1.165, 1.54) is 6.20 Å². The zero-order chi connectivity index (χ0) is 10.6. The summed E-state index contributed by atoms with van der Waals surface area (Å²) in [5.41, 5.74) is 11.7. The summed E-state index contributed by atoms with van der Waals surface area (Å²) in [7, 11) is 0. The number of carbonyl (C=O) groups is 1. The van der Waals surface area contributed by atoms with E-state index < -0.39 is 5.91 Å². The Morgan fingerprint density at radius 1 is 1.64 bits per heavy atom. The predicted octanol–water partition coefficient (Wildman–Crippen LogP) is 0.0903. The Morgan fingerprint density at radius 2 is 2.36 bits per heavy atom. The predicted molar refractivity (Wildman–Crippen MR) is 52.7 cm³/mol. The fourth-order valence-corrected chi connectivity index (χ4v) is 1.06. The van der Waals surface area contributed by atoms with Gasteiger partial charge in [-0.15, -0.1) is 0 Å². The molecule has 0 fully saturated rings. The van der Waals surface area contributed by atoms with Crippen LogP contribution in [0.5, 0.6) is 5.75 Å². The van der Waals surface area contributed by atoms with Crippen LogP contribution in [-0.2, 0) is 11.2 Å². The van der Waals surface area contributed by atoms with Crippen LogP contribution in [0, 0.1) is 0 Å². The first-order valence-electron chi connectivity index (χ1n) is 4.29. The van der Waals surface area contributed by atoms with Crippen molar-refractivity contribution >= 4 is 11.6 Å². The average Bonchev–Trinajstić information content (AvgIpc) is 2.09. The third-order valence-corrected chi connectivity index (χ3v) is 1.61. The number of nitrogens with zero attached hydrogens (tertiary/aromatic N) is 1. The Balaban J connectivity index is 2.83. The number of anilines is 1. The molecule has 0 aliphatic heterocycles. The molecule has 0 spiro atoms. The molecule has 1 aromatic rings. The lowest BCUT2D eigenvalue weighted by Gasteiger charge is -2.06.